The van der Waals surface area contributed by atoms with E-state index in [0.717, 1.165) is 11.1 Å². The number of nitrogens with one attached hydrogen (secondary N) is 1. The normalized spacial score (nSPS) is 10.6. The third kappa shape index (κ3) is 2.97. The molecule has 0 saturated carbocycles. The summed E-state index contributed by atoms with van der Waals surface area (Å²) in [6.45, 7) is 3.11. The number of pyridine rings is 1. The van der Waals surface area contributed by atoms with Gasteiger partial charge in [-0.3, -0.25) is 9.67 Å². The topological polar surface area (TPSA) is 80.0 Å². The van der Waals surface area contributed by atoms with Gasteiger partial charge in [0.1, 0.15) is 5.56 Å². The van der Waals surface area contributed by atoms with E-state index in [4.69, 9.17) is 5.11 Å². The van der Waals surface area contributed by atoms with Gasteiger partial charge in [-0.25, -0.2) is 4.79 Å². The van der Waals surface area contributed by atoms with E-state index in [1.54, 1.807) is 17.9 Å². The van der Waals surface area contributed by atoms with Crippen LogP contribution in [0.3, 0.4) is 0 Å². The molecule has 0 spiro atoms. The average molecular weight is 260 g/mol. The summed E-state index contributed by atoms with van der Waals surface area (Å²) < 4.78 is 1.58. The Bertz CT molecular complexity index is 592. The highest BCUT2D eigenvalue weighted by Gasteiger charge is 2.14. The van der Waals surface area contributed by atoms with E-state index in [2.05, 4.69) is 15.4 Å². The van der Waals surface area contributed by atoms with Crippen LogP contribution in [0.1, 0.15) is 27.2 Å². The number of hydrogen-bond acceptors (Lipinski definition) is 4. The number of carboxylic acids is 1. The molecule has 0 aliphatic carbocycles. The minimum Gasteiger partial charge on any atom is -0.478 e. The number of rotatable bonds is 5. The second kappa shape index (κ2) is 5.62. The Morgan fingerprint density at radius 1 is 1.42 bits per heavy atom. The molecular weight excluding hydrogens is 244 g/mol. The summed E-state index contributed by atoms with van der Waals surface area (Å²) in [5.41, 5.74) is 3.15. The molecule has 0 aliphatic heterocycles. The van der Waals surface area contributed by atoms with Crippen molar-refractivity contribution in [1.82, 2.24) is 20.1 Å². The lowest BCUT2D eigenvalue weighted by molar-refractivity contribution is 0.0695. The van der Waals surface area contributed by atoms with Gasteiger partial charge in [0, 0.05) is 32.5 Å². The van der Waals surface area contributed by atoms with Crippen molar-refractivity contribution in [3.8, 4) is 0 Å². The fourth-order valence-corrected chi connectivity index (χ4v) is 1.85. The molecule has 2 aromatic rings. The minimum absolute atomic E-state index is 0.234. The van der Waals surface area contributed by atoms with Gasteiger partial charge in [0.2, 0.25) is 0 Å². The molecule has 2 heterocycles. The summed E-state index contributed by atoms with van der Waals surface area (Å²) in [6, 6.07) is 1.95. The second-order valence-corrected chi connectivity index (χ2v) is 4.34. The fourth-order valence-electron chi connectivity index (χ4n) is 1.85. The molecule has 0 atom stereocenters. The molecule has 19 heavy (non-hydrogen) atoms. The molecule has 2 N–H and O–H groups in total. The predicted molar refractivity (Wildman–Crippen MR) is 69.7 cm³/mol. The predicted octanol–water partition coefficient (Wildman–Crippen LogP) is 1.11. The van der Waals surface area contributed by atoms with Crippen molar-refractivity contribution in [3.63, 3.8) is 0 Å². The van der Waals surface area contributed by atoms with E-state index in [-0.39, 0.29) is 5.56 Å². The van der Waals surface area contributed by atoms with Gasteiger partial charge in [0.05, 0.1) is 11.9 Å². The van der Waals surface area contributed by atoms with E-state index in [0.29, 0.717) is 18.8 Å². The van der Waals surface area contributed by atoms with Crippen LogP contribution in [0, 0.1) is 6.92 Å². The summed E-state index contributed by atoms with van der Waals surface area (Å²) in [6.07, 6.45) is 4.93. The van der Waals surface area contributed by atoms with Gasteiger partial charge in [0.15, 0.2) is 0 Å². The Kier molecular flexibility index (Phi) is 3.91. The third-order valence-corrected chi connectivity index (χ3v) is 3.05. The van der Waals surface area contributed by atoms with Crippen LogP contribution in [0.2, 0.25) is 0 Å². The quantitative estimate of drug-likeness (QED) is 0.841. The standard InChI is InChI=1S/C13H16N4O2/c1-9-3-4-14-5-10(9)6-15-8-12-11(13(18)19)7-16-17(12)2/h3-5,7,15H,6,8H2,1-2H3,(H,18,19). The highest BCUT2D eigenvalue weighted by atomic mass is 16.4. The Balaban J connectivity index is 2.02. The van der Waals surface area contributed by atoms with Crippen molar-refractivity contribution in [3.05, 3.63) is 47.0 Å². The van der Waals surface area contributed by atoms with Crippen LogP contribution in [0.15, 0.2) is 24.7 Å². The number of aryl methyl sites for hydroxylation is 2. The molecule has 0 saturated heterocycles. The summed E-state index contributed by atoms with van der Waals surface area (Å²) in [5.74, 6) is -0.956. The van der Waals surface area contributed by atoms with Crippen LogP contribution in [0.25, 0.3) is 0 Å². The number of carboxylic acid groups (broad SMARTS) is 1. The zero-order valence-corrected chi connectivity index (χ0v) is 10.9. The van der Waals surface area contributed by atoms with Gasteiger partial charge in [-0.15, -0.1) is 0 Å². The molecule has 2 rings (SSSR count). The Hall–Kier alpha value is -2.21. The lowest BCUT2D eigenvalue weighted by Gasteiger charge is -2.08. The van der Waals surface area contributed by atoms with Crippen molar-refractivity contribution in [2.45, 2.75) is 20.0 Å². The van der Waals surface area contributed by atoms with Crippen LogP contribution in [0.4, 0.5) is 0 Å². The van der Waals surface area contributed by atoms with E-state index in [1.165, 1.54) is 6.20 Å². The van der Waals surface area contributed by atoms with Gasteiger partial charge in [0.25, 0.3) is 0 Å². The van der Waals surface area contributed by atoms with Gasteiger partial charge >= 0.3 is 5.97 Å². The molecule has 0 aromatic carbocycles. The first-order valence-corrected chi connectivity index (χ1v) is 5.94. The van der Waals surface area contributed by atoms with E-state index < -0.39 is 5.97 Å². The first kappa shape index (κ1) is 13.2. The van der Waals surface area contributed by atoms with Crippen LogP contribution in [-0.2, 0) is 20.1 Å². The van der Waals surface area contributed by atoms with Gasteiger partial charge in [-0.05, 0) is 24.1 Å². The molecule has 0 unspecified atom stereocenters. The average Bonchev–Trinajstić information content (AvgIpc) is 2.74. The first-order valence-electron chi connectivity index (χ1n) is 5.94. The molecule has 100 valence electrons. The van der Waals surface area contributed by atoms with Crippen molar-refractivity contribution < 1.29 is 9.90 Å². The fraction of sp³-hybridized carbons (Fsp3) is 0.308. The van der Waals surface area contributed by atoms with E-state index >= 15 is 0 Å². The molecule has 0 radical (unpaired) electrons. The molecular formula is C13H16N4O2. The lowest BCUT2D eigenvalue weighted by atomic mass is 10.1. The number of hydrogen-bond donors (Lipinski definition) is 2. The maximum absolute atomic E-state index is 11.0. The number of aromatic nitrogens is 3. The SMILES string of the molecule is Cc1ccncc1CNCc1c(C(=O)O)cnn1C. The number of aromatic carboxylic acids is 1. The van der Waals surface area contributed by atoms with E-state index in [1.807, 2.05) is 19.2 Å². The van der Waals surface area contributed by atoms with Gasteiger partial charge in [-0.1, -0.05) is 0 Å². The zero-order valence-electron chi connectivity index (χ0n) is 10.9. The maximum atomic E-state index is 11.0. The van der Waals surface area contributed by atoms with Crippen molar-refractivity contribution in [2.24, 2.45) is 7.05 Å². The molecule has 0 bridgehead atoms. The Morgan fingerprint density at radius 3 is 2.89 bits per heavy atom. The molecule has 2 aromatic heterocycles. The molecule has 0 fully saturated rings. The monoisotopic (exact) mass is 260 g/mol. The van der Waals surface area contributed by atoms with Crippen LogP contribution >= 0.6 is 0 Å². The van der Waals surface area contributed by atoms with Crippen LogP contribution in [0.5, 0.6) is 0 Å². The highest BCUT2D eigenvalue weighted by molar-refractivity contribution is 5.88. The lowest BCUT2D eigenvalue weighted by Crippen LogP contribution is -2.18. The van der Waals surface area contributed by atoms with Crippen molar-refractivity contribution in [2.75, 3.05) is 0 Å². The molecule has 6 nitrogen and oxygen atoms in total. The van der Waals surface area contributed by atoms with E-state index in [9.17, 15) is 4.79 Å². The van der Waals surface area contributed by atoms with Gasteiger partial charge < -0.3 is 10.4 Å². The molecule has 6 heteroatoms. The summed E-state index contributed by atoms with van der Waals surface area (Å²) in [7, 11) is 1.73. The Morgan fingerprint density at radius 2 is 2.21 bits per heavy atom. The van der Waals surface area contributed by atoms with Crippen LogP contribution in [-0.4, -0.2) is 25.8 Å². The summed E-state index contributed by atoms with van der Waals surface area (Å²) in [5, 5.41) is 16.2. The second-order valence-electron chi connectivity index (χ2n) is 4.34. The van der Waals surface area contributed by atoms with Crippen molar-refractivity contribution >= 4 is 5.97 Å². The molecule has 0 amide bonds. The number of nitrogens with zero attached hydrogens (tertiary/aromatic N) is 3. The first-order chi connectivity index (χ1) is 9.09. The highest BCUT2D eigenvalue weighted by Crippen LogP contribution is 2.08. The van der Waals surface area contributed by atoms with Crippen molar-refractivity contribution in [1.29, 1.82) is 0 Å². The third-order valence-electron chi connectivity index (χ3n) is 3.05. The Labute approximate surface area is 111 Å². The number of carbonyl (C=O) groups is 1. The maximum Gasteiger partial charge on any atom is 0.339 e. The van der Waals surface area contributed by atoms with Crippen LogP contribution < -0.4 is 5.32 Å². The zero-order chi connectivity index (χ0) is 13.8. The molecule has 0 aliphatic rings. The van der Waals surface area contributed by atoms with Gasteiger partial charge in [-0.2, -0.15) is 5.10 Å². The smallest absolute Gasteiger partial charge is 0.339 e. The minimum atomic E-state index is -0.956. The largest absolute Gasteiger partial charge is 0.478 e. The summed E-state index contributed by atoms with van der Waals surface area (Å²) in [4.78, 5) is 15.1. The summed E-state index contributed by atoms with van der Waals surface area (Å²) >= 11 is 0.